The van der Waals surface area contributed by atoms with Gasteiger partial charge in [0.1, 0.15) is 4.32 Å². The average molecular weight is 463 g/mol. The number of non-ortho nitro benzene ring substituents is 1. The third kappa shape index (κ3) is 4.96. The van der Waals surface area contributed by atoms with Crippen molar-refractivity contribution in [1.29, 1.82) is 0 Å². The number of carbonyl (C=O) groups excluding carboxylic acids is 2. The Morgan fingerprint density at radius 3 is 2.73 bits per heavy atom. The zero-order valence-corrected chi connectivity index (χ0v) is 17.6. The van der Waals surface area contributed by atoms with Gasteiger partial charge in [0, 0.05) is 35.8 Å². The van der Waals surface area contributed by atoms with Crippen LogP contribution in [0.2, 0.25) is 5.02 Å². The first-order valence-corrected chi connectivity index (χ1v) is 10.1. The maximum atomic E-state index is 12.6. The van der Waals surface area contributed by atoms with E-state index in [-0.39, 0.29) is 30.2 Å². The van der Waals surface area contributed by atoms with Crippen molar-refractivity contribution < 1.29 is 19.6 Å². The van der Waals surface area contributed by atoms with Gasteiger partial charge in [-0.1, -0.05) is 65.6 Å². The molecule has 0 unspecified atom stereocenters. The first-order chi connectivity index (χ1) is 14.3. The first kappa shape index (κ1) is 21.8. The molecule has 11 heteroatoms. The number of nitrogens with one attached hydrogen (secondary N) is 1. The van der Waals surface area contributed by atoms with Gasteiger partial charge in [-0.3, -0.25) is 24.6 Å². The maximum absolute atomic E-state index is 12.6. The highest BCUT2D eigenvalue weighted by Crippen LogP contribution is 2.34. The van der Waals surface area contributed by atoms with E-state index in [9.17, 15) is 24.8 Å². The summed E-state index contributed by atoms with van der Waals surface area (Å²) in [6.07, 6.45) is 1.49. The van der Waals surface area contributed by atoms with Crippen LogP contribution in [-0.2, 0) is 9.59 Å². The average Bonchev–Trinajstić information content (AvgIpc) is 2.96. The number of nitrogens with zero attached hydrogens (tertiary/aromatic N) is 2. The Hall–Kier alpha value is -2.95. The van der Waals surface area contributed by atoms with Crippen molar-refractivity contribution in [2.24, 2.45) is 0 Å². The van der Waals surface area contributed by atoms with E-state index in [0.29, 0.717) is 19.8 Å². The van der Waals surface area contributed by atoms with E-state index < -0.39 is 16.6 Å². The molecule has 1 saturated heterocycles. The van der Waals surface area contributed by atoms with Gasteiger partial charge in [-0.25, -0.2) is 0 Å². The van der Waals surface area contributed by atoms with E-state index in [0.717, 1.165) is 30.0 Å². The Balaban J connectivity index is 1.65. The molecule has 3 rings (SSSR count). The number of halogens is 1. The largest absolute Gasteiger partial charge is 0.871 e. The van der Waals surface area contributed by atoms with E-state index in [1.807, 2.05) is 0 Å². The van der Waals surface area contributed by atoms with Crippen molar-refractivity contribution in [3.05, 3.63) is 68.1 Å². The first-order valence-electron chi connectivity index (χ1n) is 8.51. The van der Waals surface area contributed by atoms with Crippen LogP contribution in [0.25, 0.3) is 6.08 Å². The summed E-state index contributed by atoms with van der Waals surface area (Å²) in [4.78, 5) is 36.6. The number of hydrogen-bond acceptors (Lipinski definition) is 7. The van der Waals surface area contributed by atoms with Gasteiger partial charge >= 0.3 is 0 Å². The van der Waals surface area contributed by atoms with E-state index in [1.165, 1.54) is 4.90 Å². The van der Waals surface area contributed by atoms with Gasteiger partial charge in [-0.2, -0.15) is 0 Å². The van der Waals surface area contributed by atoms with E-state index in [4.69, 9.17) is 23.8 Å². The molecule has 30 heavy (non-hydrogen) atoms. The summed E-state index contributed by atoms with van der Waals surface area (Å²) in [5.41, 5.74) is 0.163. The van der Waals surface area contributed by atoms with Crippen LogP contribution in [0.1, 0.15) is 12.0 Å². The zero-order chi connectivity index (χ0) is 21.8. The van der Waals surface area contributed by atoms with Crippen molar-refractivity contribution in [3.63, 3.8) is 0 Å². The highest BCUT2D eigenvalue weighted by molar-refractivity contribution is 8.26. The Kier molecular flexibility index (Phi) is 6.70. The number of nitro benzene ring substituents is 1. The second-order valence-corrected chi connectivity index (χ2v) is 8.17. The molecule has 1 aliphatic rings. The molecule has 2 aromatic carbocycles. The lowest BCUT2D eigenvalue weighted by molar-refractivity contribution is -0.385. The Morgan fingerprint density at radius 2 is 2.03 bits per heavy atom. The standard InChI is InChI=1S/C19H14ClN3O5S2/c20-13-4-2-1-3-11(13)9-16-18(26)22(19(29)30-16)8-7-17(25)21-14-10-12(23(27)28)5-6-15(14)24/h1-6,9-10,24H,7-8H2,(H,21,25)/p-1/b16-9+. The van der Waals surface area contributed by atoms with Gasteiger partial charge < -0.3 is 10.4 Å². The summed E-state index contributed by atoms with van der Waals surface area (Å²) in [7, 11) is 0. The van der Waals surface area contributed by atoms with Crippen LogP contribution in [0, 0.1) is 10.1 Å². The molecule has 1 aliphatic heterocycles. The third-order valence-corrected chi connectivity index (χ3v) is 5.80. The van der Waals surface area contributed by atoms with E-state index in [2.05, 4.69) is 5.32 Å². The molecule has 1 N–H and O–H groups in total. The van der Waals surface area contributed by atoms with Crippen LogP contribution in [-0.4, -0.2) is 32.5 Å². The number of hydrogen-bond donors (Lipinski definition) is 1. The third-order valence-electron chi connectivity index (χ3n) is 4.08. The number of amides is 2. The highest BCUT2D eigenvalue weighted by atomic mass is 35.5. The van der Waals surface area contributed by atoms with Gasteiger partial charge in [-0.15, -0.1) is 0 Å². The molecule has 0 atom stereocenters. The monoisotopic (exact) mass is 462 g/mol. The van der Waals surface area contributed by atoms with Crippen molar-refractivity contribution in [2.45, 2.75) is 6.42 Å². The molecule has 2 aromatic rings. The molecule has 8 nitrogen and oxygen atoms in total. The van der Waals surface area contributed by atoms with Gasteiger partial charge in [-0.05, 0) is 17.7 Å². The summed E-state index contributed by atoms with van der Waals surface area (Å²) in [5.74, 6) is -1.48. The fraction of sp³-hybridized carbons (Fsp3) is 0.105. The summed E-state index contributed by atoms with van der Waals surface area (Å²) < 4.78 is 0.297. The molecule has 1 heterocycles. The van der Waals surface area contributed by atoms with Crippen LogP contribution in [0.15, 0.2) is 47.4 Å². The van der Waals surface area contributed by atoms with Gasteiger partial charge in [0.25, 0.3) is 11.6 Å². The van der Waals surface area contributed by atoms with Crippen molar-refractivity contribution in [1.82, 2.24) is 4.90 Å². The normalized spacial score (nSPS) is 15.0. The van der Waals surface area contributed by atoms with Crippen molar-refractivity contribution in [3.8, 4) is 5.75 Å². The van der Waals surface area contributed by atoms with Crippen LogP contribution in [0.4, 0.5) is 11.4 Å². The summed E-state index contributed by atoms with van der Waals surface area (Å²) in [5, 5.41) is 25.4. The topological polar surface area (TPSA) is 116 Å². The second-order valence-electron chi connectivity index (χ2n) is 6.09. The van der Waals surface area contributed by atoms with E-state index >= 15 is 0 Å². The lowest BCUT2D eigenvalue weighted by Gasteiger charge is -2.16. The zero-order valence-electron chi connectivity index (χ0n) is 15.2. The minimum Gasteiger partial charge on any atom is -0.871 e. The predicted molar refractivity (Wildman–Crippen MR) is 117 cm³/mol. The fourth-order valence-electron chi connectivity index (χ4n) is 2.58. The second kappa shape index (κ2) is 9.24. The molecule has 1 fully saturated rings. The number of rotatable bonds is 6. The molecule has 0 saturated carbocycles. The molecular weight excluding hydrogens is 450 g/mol. The molecule has 0 aliphatic carbocycles. The molecule has 154 valence electrons. The number of carbonyl (C=O) groups is 2. The SMILES string of the molecule is O=C(CCN1C(=O)/C(=C\c2ccccc2Cl)SC1=S)Nc1cc([N+](=O)[O-])ccc1[O-]. The molecule has 2 amide bonds. The Labute approximate surface area is 185 Å². The summed E-state index contributed by atoms with van der Waals surface area (Å²) in [6, 6.07) is 10.1. The molecule has 0 aromatic heterocycles. The number of benzene rings is 2. The number of nitro groups is 1. The lowest BCUT2D eigenvalue weighted by atomic mass is 10.2. The molecule has 0 bridgehead atoms. The van der Waals surface area contributed by atoms with Gasteiger partial charge in [0.15, 0.2) is 0 Å². The minimum atomic E-state index is -0.666. The van der Waals surface area contributed by atoms with Crippen LogP contribution in [0.3, 0.4) is 0 Å². The number of thiocarbonyl (C=S) groups is 1. The van der Waals surface area contributed by atoms with Crippen LogP contribution in [0.5, 0.6) is 5.75 Å². The molecule has 0 radical (unpaired) electrons. The Morgan fingerprint density at radius 1 is 1.30 bits per heavy atom. The van der Waals surface area contributed by atoms with Gasteiger partial charge in [0.2, 0.25) is 5.91 Å². The van der Waals surface area contributed by atoms with Gasteiger partial charge in [0.05, 0.1) is 9.83 Å². The smallest absolute Gasteiger partial charge is 0.271 e. The maximum Gasteiger partial charge on any atom is 0.271 e. The summed E-state index contributed by atoms with van der Waals surface area (Å²) >= 11 is 12.4. The minimum absolute atomic E-state index is 0.000517. The van der Waals surface area contributed by atoms with Crippen molar-refractivity contribution >= 4 is 69.2 Å². The predicted octanol–water partition coefficient (Wildman–Crippen LogP) is 3.55. The van der Waals surface area contributed by atoms with E-state index in [1.54, 1.807) is 30.3 Å². The molecule has 0 spiro atoms. The van der Waals surface area contributed by atoms with Crippen LogP contribution >= 0.6 is 35.6 Å². The number of thioether (sulfide) groups is 1. The van der Waals surface area contributed by atoms with Crippen molar-refractivity contribution in [2.75, 3.05) is 11.9 Å². The quantitative estimate of drug-likeness (QED) is 0.302. The highest BCUT2D eigenvalue weighted by Gasteiger charge is 2.32. The lowest BCUT2D eigenvalue weighted by Crippen LogP contribution is -2.31. The fourth-order valence-corrected chi connectivity index (χ4v) is 4.07. The van der Waals surface area contributed by atoms with Crippen LogP contribution < -0.4 is 10.4 Å². The summed E-state index contributed by atoms with van der Waals surface area (Å²) in [6.45, 7) is -0.000517. The number of anilines is 1. The molecular formula is C19H13ClN3O5S2-. The Bertz CT molecular complexity index is 1090.